The SMILES string of the molecule is C=CCOCC(COCCCCCCCCCCCCC)CP(=O)(O)O. The van der Waals surface area contributed by atoms with Crippen molar-refractivity contribution < 1.29 is 23.8 Å². The topological polar surface area (TPSA) is 76.0 Å². The van der Waals surface area contributed by atoms with Gasteiger partial charge in [-0.3, -0.25) is 4.57 Å². The minimum absolute atomic E-state index is 0.192. The smallest absolute Gasteiger partial charge is 0.326 e. The molecule has 1 atom stereocenters. The first-order valence-corrected chi connectivity index (χ1v) is 12.1. The second kappa shape index (κ2) is 18.2. The van der Waals surface area contributed by atoms with Gasteiger partial charge in [0.1, 0.15) is 0 Å². The molecule has 0 aliphatic carbocycles. The first-order chi connectivity index (χ1) is 12.5. The van der Waals surface area contributed by atoms with Crippen LogP contribution in [0.15, 0.2) is 12.7 Å². The van der Waals surface area contributed by atoms with Gasteiger partial charge in [0, 0.05) is 12.5 Å². The van der Waals surface area contributed by atoms with Crippen molar-refractivity contribution in [2.45, 2.75) is 77.6 Å². The van der Waals surface area contributed by atoms with Crippen LogP contribution >= 0.6 is 7.60 Å². The van der Waals surface area contributed by atoms with Crippen molar-refractivity contribution in [1.29, 1.82) is 0 Å². The normalized spacial score (nSPS) is 13.0. The standard InChI is InChI=1S/C20H41O5P/c1-3-5-6-7-8-9-10-11-12-13-14-16-25-18-20(17-24-15-4-2)19-26(21,22)23/h4,20H,2-3,5-19H2,1H3,(H2,21,22,23). The zero-order valence-electron chi connectivity index (χ0n) is 16.7. The largest absolute Gasteiger partial charge is 0.381 e. The lowest BCUT2D eigenvalue weighted by Crippen LogP contribution is -2.21. The summed E-state index contributed by atoms with van der Waals surface area (Å²) in [5.74, 6) is -0.275. The Kier molecular flexibility index (Phi) is 18.1. The first-order valence-electron chi connectivity index (χ1n) is 10.3. The van der Waals surface area contributed by atoms with Crippen molar-refractivity contribution in [2.24, 2.45) is 5.92 Å². The van der Waals surface area contributed by atoms with Crippen LogP contribution in [0.3, 0.4) is 0 Å². The van der Waals surface area contributed by atoms with Crippen LogP contribution in [0.5, 0.6) is 0 Å². The van der Waals surface area contributed by atoms with E-state index in [0.717, 1.165) is 12.8 Å². The van der Waals surface area contributed by atoms with E-state index in [9.17, 15) is 4.57 Å². The maximum Gasteiger partial charge on any atom is 0.326 e. The van der Waals surface area contributed by atoms with Gasteiger partial charge in [0.05, 0.1) is 26.0 Å². The summed E-state index contributed by atoms with van der Waals surface area (Å²) in [6.45, 7) is 7.46. The van der Waals surface area contributed by atoms with Crippen LogP contribution < -0.4 is 0 Å². The molecule has 0 aliphatic heterocycles. The van der Waals surface area contributed by atoms with Crippen LogP contribution in [0.1, 0.15) is 77.6 Å². The van der Waals surface area contributed by atoms with Gasteiger partial charge in [0.2, 0.25) is 0 Å². The van der Waals surface area contributed by atoms with E-state index >= 15 is 0 Å². The Morgan fingerprint density at radius 1 is 0.885 bits per heavy atom. The van der Waals surface area contributed by atoms with E-state index in [1.165, 1.54) is 57.8 Å². The predicted molar refractivity (Wildman–Crippen MR) is 109 cm³/mol. The molecule has 0 bridgehead atoms. The van der Waals surface area contributed by atoms with Gasteiger partial charge in [-0.25, -0.2) is 0 Å². The number of hydrogen-bond acceptors (Lipinski definition) is 3. The van der Waals surface area contributed by atoms with E-state index in [0.29, 0.717) is 19.8 Å². The van der Waals surface area contributed by atoms with E-state index < -0.39 is 7.60 Å². The highest BCUT2D eigenvalue weighted by Gasteiger charge is 2.21. The summed E-state index contributed by atoms with van der Waals surface area (Å²) in [7, 11) is -4.04. The molecule has 26 heavy (non-hydrogen) atoms. The van der Waals surface area contributed by atoms with Gasteiger partial charge in [-0.1, -0.05) is 77.2 Å². The van der Waals surface area contributed by atoms with Crippen LogP contribution in [0, 0.1) is 5.92 Å². The molecule has 0 amide bonds. The summed E-state index contributed by atoms with van der Waals surface area (Å²) in [5.41, 5.74) is 0. The van der Waals surface area contributed by atoms with Crippen LogP contribution in [-0.4, -0.2) is 42.4 Å². The second-order valence-corrected chi connectivity index (χ2v) is 8.84. The van der Waals surface area contributed by atoms with Crippen LogP contribution in [-0.2, 0) is 14.0 Å². The highest BCUT2D eigenvalue weighted by molar-refractivity contribution is 7.51. The molecule has 0 fully saturated rings. The van der Waals surface area contributed by atoms with E-state index in [2.05, 4.69) is 13.5 Å². The van der Waals surface area contributed by atoms with Crippen molar-refractivity contribution in [3.63, 3.8) is 0 Å². The minimum Gasteiger partial charge on any atom is -0.381 e. The van der Waals surface area contributed by atoms with E-state index in [-0.39, 0.29) is 18.7 Å². The van der Waals surface area contributed by atoms with Gasteiger partial charge in [0.15, 0.2) is 0 Å². The summed E-state index contributed by atoms with van der Waals surface area (Å²) in [4.78, 5) is 18.3. The molecule has 0 aromatic carbocycles. The lowest BCUT2D eigenvalue weighted by molar-refractivity contribution is 0.0528. The summed E-state index contributed by atoms with van der Waals surface area (Å²) < 4.78 is 22.1. The molecule has 0 aliphatic rings. The highest BCUT2D eigenvalue weighted by atomic mass is 31.2. The van der Waals surface area contributed by atoms with Gasteiger partial charge in [-0.15, -0.1) is 6.58 Å². The average Bonchev–Trinajstić information content (AvgIpc) is 2.57. The van der Waals surface area contributed by atoms with E-state index in [1.54, 1.807) is 6.08 Å². The molecular weight excluding hydrogens is 351 g/mol. The molecular formula is C20H41O5P. The predicted octanol–water partition coefficient (Wildman–Crippen LogP) is 5.31. The molecule has 0 radical (unpaired) electrons. The van der Waals surface area contributed by atoms with Crippen LogP contribution in [0.4, 0.5) is 0 Å². The van der Waals surface area contributed by atoms with E-state index in [4.69, 9.17) is 19.3 Å². The van der Waals surface area contributed by atoms with Crippen LogP contribution in [0.2, 0.25) is 0 Å². The Labute approximate surface area is 160 Å². The number of hydrogen-bond donors (Lipinski definition) is 2. The molecule has 0 rings (SSSR count). The maximum absolute atomic E-state index is 11.2. The van der Waals surface area contributed by atoms with Gasteiger partial charge in [-0.05, 0) is 6.42 Å². The Morgan fingerprint density at radius 3 is 1.88 bits per heavy atom. The zero-order chi connectivity index (χ0) is 19.5. The summed E-state index contributed by atoms with van der Waals surface area (Å²) in [5, 5.41) is 0. The number of unbranched alkanes of at least 4 members (excludes halogenated alkanes) is 10. The molecule has 0 spiro atoms. The molecule has 0 heterocycles. The molecule has 0 aromatic rings. The molecule has 1 unspecified atom stereocenters. The van der Waals surface area contributed by atoms with Gasteiger partial charge in [-0.2, -0.15) is 0 Å². The third kappa shape index (κ3) is 20.1. The fourth-order valence-electron chi connectivity index (χ4n) is 2.93. The molecule has 156 valence electrons. The summed E-state index contributed by atoms with van der Waals surface area (Å²) >= 11 is 0. The summed E-state index contributed by atoms with van der Waals surface area (Å²) in [6.07, 6.45) is 15.6. The average molecular weight is 393 g/mol. The van der Waals surface area contributed by atoms with Gasteiger partial charge >= 0.3 is 7.60 Å². The Balaban J connectivity index is 3.53. The fourth-order valence-corrected chi connectivity index (χ4v) is 3.81. The Hall–Kier alpha value is -0.190. The third-order valence-electron chi connectivity index (χ3n) is 4.33. The number of rotatable bonds is 20. The molecule has 6 heteroatoms. The lowest BCUT2D eigenvalue weighted by atomic mass is 10.1. The highest BCUT2D eigenvalue weighted by Crippen LogP contribution is 2.37. The first kappa shape index (κ1) is 25.8. The quantitative estimate of drug-likeness (QED) is 0.167. The number of ether oxygens (including phenoxy) is 2. The molecule has 0 saturated heterocycles. The molecule has 0 aromatic heterocycles. The Bertz CT molecular complexity index is 356. The molecule has 2 N–H and O–H groups in total. The van der Waals surface area contributed by atoms with Crippen molar-refractivity contribution in [3.05, 3.63) is 12.7 Å². The molecule has 5 nitrogen and oxygen atoms in total. The lowest BCUT2D eigenvalue weighted by Gasteiger charge is -2.17. The third-order valence-corrected chi connectivity index (χ3v) is 5.32. The second-order valence-electron chi connectivity index (χ2n) is 7.15. The fraction of sp³-hybridized carbons (Fsp3) is 0.900. The van der Waals surface area contributed by atoms with Gasteiger partial charge in [0.25, 0.3) is 0 Å². The van der Waals surface area contributed by atoms with Crippen molar-refractivity contribution in [3.8, 4) is 0 Å². The van der Waals surface area contributed by atoms with Crippen LogP contribution in [0.25, 0.3) is 0 Å². The minimum atomic E-state index is -4.04. The zero-order valence-corrected chi connectivity index (χ0v) is 17.6. The van der Waals surface area contributed by atoms with Gasteiger partial charge < -0.3 is 19.3 Å². The van der Waals surface area contributed by atoms with Crippen molar-refractivity contribution >= 4 is 7.60 Å². The summed E-state index contributed by atoms with van der Waals surface area (Å²) in [6, 6.07) is 0. The Morgan fingerprint density at radius 2 is 1.38 bits per heavy atom. The maximum atomic E-state index is 11.2. The van der Waals surface area contributed by atoms with Crippen molar-refractivity contribution in [1.82, 2.24) is 0 Å². The van der Waals surface area contributed by atoms with Crippen molar-refractivity contribution in [2.75, 3.05) is 32.6 Å². The monoisotopic (exact) mass is 392 g/mol. The molecule has 0 saturated carbocycles. The van der Waals surface area contributed by atoms with E-state index in [1.807, 2.05) is 0 Å².